The molecule has 0 aromatic carbocycles. The Balaban J connectivity index is 1.91. The van der Waals surface area contributed by atoms with Crippen molar-refractivity contribution in [1.29, 1.82) is 0 Å². The molecule has 0 saturated carbocycles. The lowest BCUT2D eigenvalue weighted by atomic mass is 10.0. The van der Waals surface area contributed by atoms with Gasteiger partial charge in [0.2, 0.25) is 0 Å². The van der Waals surface area contributed by atoms with Crippen LogP contribution in [0.1, 0.15) is 23.3 Å². The van der Waals surface area contributed by atoms with Gasteiger partial charge >= 0.3 is 0 Å². The van der Waals surface area contributed by atoms with E-state index in [0.29, 0.717) is 18.0 Å². The fraction of sp³-hybridized carbons (Fsp3) is 0.556. The van der Waals surface area contributed by atoms with Crippen LogP contribution in [0.5, 0.6) is 0 Å². The van der Waals surface area contributed by atoms with Crippen LogP contribution >= 0.6 is 11.3 Å². The molecule has 1 aliphatic rings. The van der Waals surface area contributed by atoms with Crippen LogP contribution in [0.15, 0.2) is 10.9 Å². The van der Waals surface area contributed by atoms with Gasteiger partial charge in [-0.05, 0) is 25.4 Å². The van der Waals surface area contributed by atoms with E-state index in [4.69, 9.17) is 0 Å². The molecule has 1 unspecified atom stereocenters. The van der Waals surface area contributed by atoms with E-state index in [2.05, 4.69) is 10.3 Å². The third kappa shape index (κ3) is 2.14. The SMILES string of the molecule is O=C(CC1CCNC1)c1cscn1. The quantitative estimate of drug-likeness (QED) is 0.741. The normalized spacial score (nSPS) is 22.0. The zero-order chi connectivity index (χ0) is 9.10. The Hall–Kier alpha value is -0.740. The van der Waals surface area contributed by atoms with Gasteiger partial charge in [0, 0.05) is 11.8 Å². The number of aromatic nitrogens is 1. The average Bonchev–Trinajstić information content (AvgIpc) is 2.74. The number of ketones is 1. The fourth-order valence-corrected chi connectivity index (χ4v) is 2.16. The van der Waals surface area contributed by atoms with Crippen molar-refractivity contribution < 1.29 is 4.79 Å². The van der Waals surface area contributed by atoms with Crippen LogP contribution in [0.2, 0.25) is 0 Å². The standard InChI is InChI=1S/C9H12N2OS/c12-9(8-5-13-6-11-8)3-7-1-2-10-4-7/h5-7,10H,1-4H2. The van der Waals surface area contributed by atoms with E-state index in [9.17, 15) is 4.79 Å². The number of nitrogens with zero attached hydrogens (tertiary/aromatic N) is 1. The van der Waals surface area contributed by atoms with E-state index < -0.39 is 0 Å². The molecule has 0 amide bonds. The number of carbonyl (C=O) groups excluding carboxylic acids is 1. The van der Waals surface area contributed by atoms with Crippen molar-refractivity contribution in [3.8, 4) is 0 Å². The van der Waals surface area contributed by atoms with Gasteiger partial charge in [-0.15, -0.1) is 11.3 Å². The van der Waals surface area contributed by atoms with E-state index >= 15 is 0 Å². The molecule has 1 atom stereocenters. The minimum Gasteiger partial charge on any atom is -0.316 e. The maximum absolute atomic E-state index is 11.6. The minimum atomic E-state index is 0.190. The lowest BCUT2D eigenvalue weighted by Gasteiger charge is -2.04. The number of carbonyl (C=O) groups is 1. The van der Waals surface area contributed by atoms with Gasteiger partial charge in [0.1, 0.15) is 5.69 Å². The molecule has 1 aromatic rings. The average molecular weight is 196 g/mol. The van der Waals surface area contributed by atoms with Crippen molar-refractivity contribution >= 4 is 17.1 Å². The molecule has 1 N–H and O–H groups in total. The highest BCUT2D eigenvalue weighted by atomic mass is 32.1. The molecule has 2 heterocycles. The second-order valence-electron chi connectivity index (χ2n) is 3.36. The Bertz CT molecular complexity index is 278. The fourth-order valence-electron chi connectivity index (χ4n) is 1.61. The molecule has 0 bridgehead atoms. The van der Waals surface area contributed by atoms with Gasteiger partial charge in [0.05, 0.1) is 5.51 Å². The molecule has 0 radical (unpaired) electrons. The Morgan fingerprint density at radius 2 is 2.69 bits per heavy atom. The van der Waals surface area contributed by atoms with Gasteiger partial charge in [-0.2, -0.15) is 0 Å². The third-order valence-corrected chi connectivity index (χ3v) is 2.94. The highest BCUT2D eigenvalue weighted by Gasteiger charge is 2.19. The van der Waals surface area contributed by atoms with Crippen molar-refractivity contribution in [2.75, 3.05) is 13.1 Å². The first-order valence-electron chi connectivity index (χ1n) is 4.48. The first kappa shape index (κ1) is 8.84. The predicted octanol–water partition coefficient (Wildman–Crippen LogP) is 1.33. The summed E-state index contributed by atoms with van der Waals surface area (Å²) in [5, 5.41) is 5.08. The van der Waals surface area contributed by atoms with Gasteiger partial charge < -0.3 is 5.32 Å². The topological polar surface area (TPSA) is 42.0 Å². The van der Waals surface area contributed by atoms with Crippen molar-refractivity contribution in [3.05, 3.63) is 16.6 Å². The van der Waals surface area contributed by atoms with Crippen molar-refractivity contribution in [2.45, 2.75) is 12.8 Å². The molecule has 4 heteroatoms. The van der Waals surface area contributed by atoms with Gasteiger partial charge in [-0.25, -0.2) is 4.98 Å². The summed E-state index contributed by atoms with van der Waals surface area (Å²) in [6.45, 7) is 2.03. The molecule has 0 aliphatic carbocycles. The monoisotopic (exact) mass is 196 g/mol. The maximum atomic E-state index is 11.6. The smallest absolute Gasteiger partial charge is 0.182 e. The van der Waals surface area contributed by atoms with Crippen LogP contribution in [0.4, 0.5) is 0 Å². The highest BCUT2D eigenvalue weighted by molar-refractivity contribution is 7.07. The van der Waals surface area contributed by atoms with Crippen molar-refractivity contribution in [3.63, 3.8) is 0 Å². The van der Waals surface area contributed by atoms with E-state index in [-0.39, 0.29) is 5.78 Å². The Morgan fingerprint density at radius 3 is 3.31 bits per heavy atom. The van der Waals surface area contributed by atoms with Crippen LogP contribution < -0.4 is 5.32 Å². The molecular formula is C9H12N2OS. The third-order valence-electron chi connectivity index (χ3n) is 2.35. The number of hydrogen-bond donors (Lipinski definition) is 1. The maximum Gasteiger partial charge on any atom is 0.182 e. The zero-order valence-electron chi connectivity index (χ0n) is 7.32. The summed E-state index contributed by atoms with van der Waals surface area (Å²) >= 11 is 1.48. The molecule has 1 aromatic heterocycles. The molecule has 1 aliphatic heterocycles. The molecule has 2 rings (SSSR count). The zero-order valence-corrected chi connectivity index (χ0v) is 8.14. The lowest BCUT2D eigenvalue weighted by Crippen LogP contribution is -2.12. The summed E-state index contributed by atoms with van der Waals surface area (Å²) in [6.07, 6.45) is 1.77. The van der Waals surface area contributed by atoms with E-state index in [1.165, 1.54) is 11.3 Å². The molecule has 1 saturated heterocycles. The largest absolute Gasteiger partial charge is 0.316 e. The minimum absolute atomic E-state index is 0.190. The molecule has 0 spiro atoms. The van der Waals surface area contributed by atoms with Crippen molar-refractivity contribution in [2.24, 2.45) is 5.92 Å². The second kappa shape index (κ2) is 3.98. The highest BCUT2D eigenvalue weighted by Crippen LogP contribution is 2.15. The van der Waals surface area contributed by atoms with Gasteiger partial charge in [0.15, 0.2) is 5.78 Å². The van der Waals surface area contributed by atoms with Crippen molar-refractivity contribution in [1.82, 2.24) is 10.3 Å². The number of thiazole rings is 1. The van der Waals surface area contributed by atoms with E-state index in [1.807, 2.05) is 5.38 Å². The molecule has 3 nitrogen and oxygen atoms in total. The van der Waals surface area contributed by atoms with Crippen LogP contribution in [0.25, 0.3) is 0 Å². The van der Waals surface area contributed by atoms with Gasteiger partial charge in [0.25, 0.3) is 0 Å². The number of hydrogen-bond acceptors (Lipinski definition) is 4. The first-order chi connectivity index (χ1) is 6.36. The molecule has 70 valence electrons. The summed E-state index contributed by atoms with van der Waals surface area (Å²) < 4.78 is 0. The predicted molar refractivity (Wildman–Crippen MR) is 52.0 cm³/mol. The van der Waals surface area contributed by atoms with Gasteiger partial charge in [-0.1, -0.05) is 0 Å². The number of nitrogens with one attached hydrogen (secondary N) is 1. The number of rotatable bonds is 3. The van der Waals surface area contributed by atoms with E-state index in [0.717, 1.165) is 19.5 Å². The molecule has 13 heavy (non-hydrogen) atoms. The van der Waals surface area contributed by atoms with Gasteiger partial charge in [-0.3, -0.25) is 4.79 Å². The first-order valence-corrected chi connectivity index (χ1v) is 5.42. The van der Waals surface area contributed by atoms with Crippen LogP contribution in [-0.4, -0.2) is 23.9 Å². The molecule has 1 fully saturated rings. The van der Waals surface area contributed by atoms with E-state index in [1.54, 1.807) is 5.51 Å². The van der Waals surface area contributed by atoms with Crippen LogP contribution in [0.3, 0.4) is 0 Å². The van der Waals surface area contributed by atoms with Crippen LogP contribution in [0, 0.1) is 5.92 Å². The second-order valence-corrected chi connectivity index (χ2v) is 4.08. The van der Waals surface area contributed by atoms with Crippen LogP contribution in [-0.2, 0) is 0 Å². The summed E-state index contributed by atoms with van der Waals surface area (Å²) in [7, 11) is 0. The molecular weight excluding hydrogens is 184 g/mol. The Kier molecular flexibility index (Phi) is 2.71. The Morgan fingerprint density at radius 1 is 1.77 bits per heavy atom. The number of Topliss-reactive ketones (excluding diaryl/α,β-unsaturated/α-hetero) is 1. The lowest BCUT2D eigenvalue weighted by molar-refractivity contribution is 0.0960. The summed E-state index contributed by atoms with van der Waals surface area (Å²) in [5.41, 5.74) is 2.34. The summed E-state index contributed by atoms with van der Waals surface area (Å²) in [5.74, 6) is 0.712. The summed E-state index contributed by atoms with van der Waals surface area (Å²) in [4.78, 5) is 15.6. The summed E-state index contributed by atoms with van der Waals surface area (Å²) in [6, 6.07) is 0. The Labute approximate surface area is 81.2 Å².